The third kappa shape index (κ3) is 4.99. The van der Waals surface area contributed by atoms with Crippen molar-refractivity contribution in [1.29, 1.82) is 0 Å². The molecule has 0 aliphatic carbocycles. The molecular weight excluding hydrogens is 247 g/mol. The Morgan fingerprint density at radius 3 is 2.60 bits per heavy atom. The number of carbonyl (C=O) groups is 1. The standard InChI is InChI=1S/C6H11IO3/c1-3-6(9-4-7)10-5(2)8/h6H,3-4H2,1-2H3. The van der Waals surface area contributed by atoms with Gasteiger partial charge in [0.15, 0.2) is 0 Å². The molecule has 0 radical (unpaired) electrons. The fraction of sp³-hybridized carbons (Fsp3) is 0.833. The first-order chi connectivity index (χ1) is 4.70. The maximum absolute atomic E-state index is 10.4. The van der Waals surface area contributed by atoms with Gasteiger partial charge in [-0.25, -0.2) is 0 Å². The Morgan fingerprint density at radius 1 is 1.70 bits per heavy atom. The van der Waals surface area contributed by atoms with Crippen LogP contribution in [0.25, 0.3) is 0 Å². The van der Waals surface area contributed by atoms with Crippen molar-refractivity contribution in [3.8, 4) is 0 Å². The van der Waals surface area contributed by atoms with Crippen LogP contribution in [0.1, 0.15) is 20.3 Å². The fourth-order valence-electron chi connectivity index (χ4n) is 0.491. The Labute approximate surface area is 74.2 Å². The average Bonchev–Trinajstić information content (AvgIpc) is 1.86. The minimum Gasteiger partial charge on any atom is -0.436 e. The van der Waals surface area contributed by atoms with Gasteiger partial charge in [0.05, 0.1) is 0 Å². The van der Waals surface area contributed by atoms with Crippen LogP contribution in [0.2, 0.25) is 0 Å². The van der Waals surface area contributed by atoms with Crippen molar-refractivity contribution in [1.82, 2.24) is 0 Å². The SMILES string of the molecule is CCC(OCI)OC(C)=O. The summed E-state index contributed by atoms with van der Waals surface area (Å²) in [4.78, 5) is 10.4. The number of esters is 1. The van der Waals surface area contributed by atoms with Gasteiger partial charge in [-0.2, -0.15) is 0 Å². The first-order valence-electron chi connectivity index (χ1n) is 3.05. The molecule has 4 heteroatoms. The van der Waals surface area contributed by atoms with Crippen molar-refractivity contribution in [2.45, 2.75) is 26.6 Å². The Kier molecular flexibility index (Phi) is 6.00. The fourth-order valence-corrected chi connectivity index (χ4v) is 0.892. The van der Waals surface area contributed by atoms with Crippen molar-refractivity contribution in [3.05, 3.63) is 0 Å². The molecule has 60 valence electrons. The van der Waals surface area contributed by atoms with Crippen LogP contribution < -0.4 is 0 Å². The highest BCUT2D eigenvalue weighted by molar-refractivity contribution is 14.1. The Balaban J connectivity index is 3.49. The zero-order valence-corrected chi connectivity index (χ0v) is 8.25. The molecule has 0 aromatic rings. The van der Waals surface area contributed by atoms with E-state index in [2.05, 4.69) is 22.6 Å². The molecule has 0 rings (SSSR count). The van der Waals surface area contributed by atoms with Crippen molar-refractivity contribution >= 4 is 28.6 Å². The number of alkyl halides is 1. The quantitative estimate of drug-likeness (QED) is 0.333. The predicted molar refractivity (Wildman–Crippen MR) is 45.8 cm³/mol. The Hall–Kier alpha value is 0.160. The lowest BCUT2D eigenvalue weighted by Gasteiger charge is -2.13. The molecule has 0 aliphatic rings. The molecule has 3 nitrogen and oxygen atoms in total. The van der Waals surface area contributed by atoms with Gasteiger partial charge in [0.25, 0.3) is 0 Å². The smallest absolute Gasteiger partial charge is 0.304 e. The molecular formula is C6H11IO3. The summed E-state index contributed by atoms with van der Waals surface area (Å²) in [5.41, 5.74) is 0. The zero-order valence-electron chi connectivity index (χ0n) is 6.09. The van der Waals surface area contributed by atoms with Crippen LogP contribution in [-0.4, -0.2) is 16.9 Å². The molecule has 10 heavy (non-hydrogen) atoms. The van der Waals surface area contributed by atoms with E-state index in [0.29, 0.717) is 11.0 Å². The van der Waals surface area contributed by atoms with Gasteiger partial charge in [-0.1, -0.05) is 29.5 Å². The number of hydrogen-bond acceptors (Lipinski definition) is 3. The van der Waals surface area contributed by atoms with Gasteiger partial charge < -0.3 is 9.47 Å². The van der Waals surface area contributed by atoms with Gasteiger partial charge in [-0.15, -0.1) is 0 Å². The molecule has 0 aromatic heterocycles. The monoisotopic (exact) mass is 258 g/mol. The normalized spacial score (nSPS) is 12.7. The summed E-state index contributed by atoms with van der Waals surface area (Å²) in [5, 5.41) is 0. The number of carbonyl (C=O) groups excluding carboxylic acids is 1. The minimum absolute atomic E-state index is 0.295. The second kappa shape index (κ2) is 5.91. The summed E-state index contributed by atoms with van der Waals surface area (Å²) < 4.78 is 10.4. The summed E-state index contributed by atoms with van der Waals surface area (Å²) in [7, 11) is 0. The maximum atomic E-state index is 10.4. The molecule has 0 aromatic carbocycles. The first-order valence-corrected chi connectivity index (χ1v) is 4.58. The molecule has 0 amide bonds. The molecule has 0 fully saturated rings. The number of halogens is 1. The molecule has 1 unspecified atom stereocenters. The highest BCUT2D eigenvalue weighted by atomic mass is 127. The zero-order chi connectivity index (χ0) is 7.98. The van der Waals surface area contributed by atoms with Gasteiger partial charge in [0, 0.05) is 13.3 Å². The van der Waals surface area contributed by atoms with E-state index in [1.165, 1.54) is 6.92 Å². The summed E-state index contributed by atoms with van der Waals surface area (Å²) in [6.07, 6.45) is 0.331. The van der Waals surface area contributed by atoms with Gasteiger partial charge in [0.2, 0.25) is 6.29 Å². The topological polar surface area (TPSA) is 35.5 Å². The second-order valence-corrected chi connectivity index (χ2v) is 2.35. The molecule has 0 spiro atoms. The molecule has 1 atom stereocenters. The van der Waals surface area contributed by atoms with Crippen LogP contribution in [0.4, 0.5) is 0 Å². The molecule has 0 saturated carbocycles. The van der Waals surface area contributed by atoms with E-state index in [0.717, 1.165) is 0 Å². The lowest BCUT2D eigenvalue weighted by atomic mass is 10.5. The van der Waals surface area contributed by atoms with Crippen LogP contribution in [0, 0.1) is 0 Å². The van der Waals surface area contributed by atoms with Crippen molar-refractivity contribution in [3.63, 3.8) is 0 Å². The Bertz CT molecular complexity index is 105. The van der Waals surface area contributed by atoms with Gasteiger partial charge in [-0.3, -0.25) is 4.79 Å². The minimum atomic E-state index is -0.366. The third-order valence-electron chi connectivity index (χ3n) is 0.880. The van der Waals surface area contributed by atoms with E-state index in [1.807, 2.05) is 6.92 Å². The lowest BCUT2D eigenvalue weighted by Crippen LogP contribution is -2.18. The molecule has 0 N–H and O–H groups in total. The van der Waals surface area contributed by atoms with Gasteiger partial charge in [0.1, 0.15) is 4.61 Å². The summed E-state index contributed by atoms with van der Waals surface area (Å²) >= 11 is 2.06. The largest absolute Gasteiger partial charge is 0.436 e. The number of rotatable bonds is 4. The molecule has 0 saturated heterocycles. The third-order valence-corrected chi connectivity index (χ3v) is 1.24. The highest BCUT2D eigenvalue weighted by Crippen LogP contribution is 2.01. The summed E-state index contributed by atoms with van der Waals surface area (Å²) in [6, 6.07) is 0. The molecule has 0 heterocycles. The van der Waals surface area contributed by atoms with E-state index < -0.39 is 0 Å². The van der Waals surface area contributed by atoms with Crippen LogP contribution in [-0.2, 0) is 14.3 Å². The van der Waals surface area contributed by atoms with Crippen LogP contribution in [0.15, 0.2) is 0 Å². The van der Waals surface area contributed by atoms with Crippen LogP contribution in [0.5, 0.6) is 0 Å². The van der Waals surface area contributed by atoms with Gasteiger partial charge in [-0.05, 0) is 0 Å². The molecule has 0 bridgehead atoms. The Morgan fingerprint density at radius 2 is 2.30 bits per heavy atom. The number of hydrogen-bond donors (Lipinski definition) is 0. The second-order valence-electron chi connectivity index (χ2n) is 1.72. The average molecular weight is 258 g/mol. The van der Waals surface area contributed by atoms with Crippen LogP contribution in [0.3, 0.4) is 0 Å². The number of ether oxygens (including phenoxy) is 2. The van der Waals surface area contributed by atoms with E-state index in [-0.39, 0.29) is 12.3 Å². The molecule has 0 aliphatic heterocycles. The highest BCUT2D eigenvalue weighted by Gasteiger charge is 2.07. The van der Waals surface area contributed by atoms with E-state index in [9.17, 15) is 4.79 Å². The maximum Gasteiger partial charge on any atom is 0.304 e. The van der Waals surface area contributed by atoms with Crippen molar-refractivity contribution in [2.24, 2.45) is 0 Å². The van der Waals surface area contributed by atoms with E-state index in [1.54, 1.807) is 0 Å². The lowest BCUT2D eigenvalue weighted by molar-refractivity contribution is -0.171. The first kappa shape index (κ1) is 10.2. The van der Waals surface area contributed by atoms with Crippen molar-refractivity contribution < 1.29 is 14.3 Å². The predicted octanol–water partition coefficient (Wildman–Crippen LogP) is 1.69. The van der Waals surface area contributed by atoms with E-state index in [4.69, 9.17) is 9.47 Å². The summed E-state index contributed by atoms with van der Waals surface area (Å²) in [5.74, 6) is -0.295. The van der Waals surface area contributed by atoms with E-state index >= 15 is 0 Å². The van der Waals surface area contributed by atoms with Crippen LogP contribution >= 0.6 is 22.6 Å². The van der Waals surface area contributed by atoms with Gasteiger partial charge >= 0.3 is 5.97 Å². The van der Waals surface area contributed by atoms with Crippen molar-refractivity contribution in [2.75, 3.05) is 4.61 Å². The summed E-state index contributed by atoms with van der Waals surface area (Å²) in [6.45, 7) is 3.28.